The Hall–Kier alpha value is -1.28. The van der Waals surface area contributed by atoms with Crippen molar-refractivity contribution >= 4 is 34.9 Å². The van der Waals surface area contributed by atoms with E-state index in [2.05, 4.69) is 4.51 Å². The molecule has 0 fully saturated rings. The summed E-state index contributed by atoms with van der Waals surface area (Å²) in [6.45, 7) is 0. The van der Waals surface area contributed by atoms with E-state index >= 15 is 0 Å². The van der Waals surface area contributed by atoms with Gasteiger partial charge in [-0.2, -0.15) is 4.51 Å². The van der Waals surface area contributed by atoms with Crippen LogP contribution in [0.5, 0.6) is 0 Å². The van der Waals surface area contributed by atoms with E-state index in [1.165, 1.54) is 0 Å². The van der Waals surface area contributed by atoms with Crippen LogP contribution in [0.4, 0.5) is 30.7 Å². The van der Waals surface area contributed by atoms with Gasteiger partial charge in [0.1, 0.15) is 0 Å². The van der Waals surface area contributed by atoms with Crippen LogP contribution in [-0.4, -0.2) is 5.71 Å². The monoisotopic (exact) mass is 337 g/mol. The van der Waals surface area contributed by atoms with E-state index in [0.717, 1.165) is 0 Å². The van der Waals surface area contributed by atoms with Crippen LogP contribution >= 0.6 is 23.4 Å². The van der Waals surface area contributed by atoms with Crippen LogP contribution < -0.4 is 0 Å². The number of halogens is 9. The standard InChI is InChI=1S/C10Cl2F7N/c11-10(19)2-1(4(14)8(18)9(10)20-12)3(13)6(16)7(17)5(2)15. The first-order valence-corrected chi connectivity index (χ1v) is 5.37. The van der Waals surface area contributed by atoms with Gasteiger partial charge in [0, 0.05) is 11.8 Å². The van der Waals surface area contributed by atoms with Crippen LogP contribution in [0.25, 0.3) is 5.83 Å². The van der Waals surface area contributed by atoms with Gasteiger partial charge in [-0.1, -0.05) is 11.6 Å². The minimum atomic E-state index is -3.81. The van der Waals surface area contributed by atoms with Gasteiger partial charge in [0.15, 0.2) is 40.6 Å². The highest BCUT2D eigenvalue weighted by atomic mass is 35.5. The molecule has 1 aliphatic rings. The molecular formula is C10Cl2F7N. The fourth-order valence-corrected chi connectivity index (χ4v) is 2.23. The normalized spacial score (nSPS) is 24.4. The molecule has 0 spiro atoms. The maximum absolute atomic E-state index is 14.1. The summed E-state index contributed by atoms with van der Waals surface area (Å²) >= 11 is 9.91. The van der Waals surface area contributed by atoms with E-state index in [1.807, 2.05) is 0 Å². The third kappa shape index (κ3) is 1.74. The highest BCUT2D eigenvalue weighted by molar-refractivity contribution is 6.41. The predicted molar refractivity (Wildman–Crippen MR) is 57.3 cm³/mol. The summed E-state index contributed by atoms with van der Waals surface area (Å²) in [7, 11) is 0. The lowest BCUT2D eigenvalue weighted by Gasteiger charge is -2.26. The van der Waals surface area contributed by atoms with Crippen LogP contribution in [-0.2, 0) is 5.13 Å². The largest absolute Gasteiger partial charge is 0.258 e. The molecule has 1 aromatic rings. The maximum Gasteiger partial charge on any atom is 0.258 e. The molecule has 2 rings (SSSR count). The van der Waals surface area contributed by atoms with Crippen molar-refractivity contribution in [3.63, 3.8) is 0 Å². The molecule has 1 nitrogen and oxygen atoms in total. The fraction of sp³-hybridized carbons (Fsp3) is 0.100. The Bertz CT molecular complexity index is 681. The number of hydrogen-bond acceptors (Lipinski definition) is 1. The number of fused-ring (bicyclic) bond motifs is 1. The lowest BCUT2D eigenvalue weighted by molar-refractivity contribution is 0.335. The Kier molecular flexibility index (Phi) is 3.50. The Labute approximate surface area is 116 Å². The maximum atomic E-state index is 14.1. The second-order valence-corrected chi connectivity index (χ2v) is 4.33. The van der Waals surface area contributed by atoms with Crippen molar-refractivity contribution < 1.29 is 30.7 Å². The van der Waals surface area contributed by atoms with E-state index in [-0.39, 0.29) is 0 Å². The SMILES string of the molecule is FC1=C(F)c2c(F)c(F)c(F)c(F)c2C(F)(Cl)C1=NCl. The molecule has 20 heavy (non-hydrogen) atoms. The van der Waals surface area contributed by atoms with Gasteiger partial charge in [-0.25, -0.2) is 30.7 Å². The first-order chi connectivity index (χ1) is 9.16. The van der Waals surface area contributed by atoms with Crippen molar-refractivity contribution in [1.82, 2.24) is 0 Å². The minimum absolute atomic E-state index is 1.64. The van der Waals surface area contributed by atoms with Crippen molar-refractivity contribution in [3.05, 3.63) is 40.2 Å². The summed E-state index contributed by atoms with van der Waals surface area (Å²) in [4.78, 5) is 0. The van der Waals surface area contributed by atoms with Crippen molar-refractivity contribution in [2.75, 3.05) is 0 Å². The van der Waals surface area contributed by atoms with Crippen molar-refractivity contribution in [3.8, 4) is 0 Å². The molecule has 0 aliphatic heterocycles. The number of nitrogens with zero attached hydrogens (tertiary/aromatic N) is 1. The lowest BCUT2D eigenvalue weighted by Crippen LogP contribution is -2.33. The number of alkyl halides is 2. The summed E-state index contributed by atoms with van der Waals surface area (Å²) in [5, 5.41) is -3.81. The molecule has 0 aromatic heterocycles. The lowest BCUT2D eigenvalue weighted by atomic mass is 9.90. The van der Waals surface area contributed by atoms with Crippen molar-refractivity contribution in [1.29, 1.82) is 0 Å². The van der Waals surface area contributed by atoms with Gasteiger partial charge in [0.05, 0.1) is 11.1 Å². The zero-order chi connectivity index (χ0) is 15.4. The molecule has 0 bridgehead atoms. The number of benzene rings is 1. The Balaban J connectivity index is 3.05. The quantitative estimate of drug-likeness (QED) is 0.278. The minimum Gasteiger partial charge on any atom is -0.213 e. The van der Waals surface area contributed by atoms with Crippen molar-refractivity contribution in [2.45, 2.75) is 5.13 Å². The average molecular weight is 338 g/mol. The molecular weight excluding hydrogens is 338 g/mol. The molecule has 1 aliphatic carbocycles. The zero-order valence-corrected chi connectivity index (χ0v) is 10.4. The molecule has 1 unspecified atom stereocenters. The molecule has 0 saturated carbocycles. The highest BCUT2D eigenvalue weighted by Gasteiger charge is 2.51. The summed E-state index contributed by atoms with van der Waals surface area (Å²) in [5.41, 5.74) is -5.23. The molecule has 108 valence electrons. The molecule has 0 saturated heterocycles. The van der Waals surface area contributed by atoms with Gasteiger partial charge in [-0.15, -0.1) is 0 Å². The van der Waals surface area contributed by atoms with Crippen LogP contribution in [0, 0.1) is 23.3 Å². The van der Waals surface area contributed by atoms with Gasteiger partial charge < -0.3 is 0 Å². The third-order valence-corrected chi connectivity index (χ3v) is 3.12. The van der Waals surface area contributed by atoms with Gasteiger partial charge >= 0.3 is 0 Å². The molecule has 0 radical (unpaired) electrons. The zero-order valence-electron chi connectivity index (χ0n) is 8.85. The topological polar surface area (TPSA) is 12.4 Å². The number of rotatable bonds is 0. The second-order valence-electron chi connectivity index (χ2n) is 3.64. The molecule has 10 heteroatoms. The van der Waals surface area contributed by atoms with E-state index in [4.69, 9.17) is 23.4 Å². The summed E-state index contributed by atoms with van der Waals surface area (Å²) in [6.07, 6.45) is 0. The summed E-state index contributed by atoms with van der Waals surface area (Å²) < 4.78 is 96.5. The third-order valence-electron chi connectivity index (χ3n) is 2.58. The van der Waals surface area contributed by atoms with Gasteiger partial charge in [-0.05, 0) is 0 Å². The van der Waals surface area contributed by atoms with Crippen LogP contribution in [0.3, 0.4) is 0 Å². The van der Waals surface area contributed by atoms with Crippen LogP contribution in [0.1, 0.15) is 11.1 Å². The van der Waals surface area contributed by atoms with Crippen LogP contribution in [0.2, 0.25) is 0 Å². The van der Waals surface area contributed by atoms with E-state index in [0.29, 0.717) is 0 Å². The Morgan fingerprint density at radius 3 is 1.80 bits per heavy atom. The first-order valence-electron chi connectivity index (χ1n) is 4.65. The number of hydrogen-bond donors (Lipinski definition) is 0. The average Bonchev–Trinajstić information content (AvgIpc) is 2.38. The van der Waals surface area contributed by atoms with E-state index < -0.39 is 56.9 Å². The Morgan fingerprint density at radius 2 is 1.30 bits per heavy atom. The molecule has 1 aromatic carbocycles. The van der Waals surface area contributed by atoms with Crippen molar-refractivity contribution in [2.24, 2.45) is 4.51 Å². The summed E-state index contributed by atoms with van der Waals surface area (Å²) in [6, 6.07) is 0. The van der Waals surface area contributed by atoms with Gasteiger partial charge in [0.2, 0.25) is 0 Å². The smallest absolute Gasteiger partial charge is 0.213 e. The predicted octanol–water partition coefficient (Wildman–Crippen LogP) is 4.82. The number of allylic oxidation sites excluding steroid dienone is 1. The summed E-state index contributed by atoms with van der Waals surface area (Å²) in [5.74, 6) is -13.9. The highest BCUT2D eigenvalue weighted by Crippen LogP contribution is 2.49. The molecule has 0 N–H and O–H groups in total. The first kappa shape index (κ1) is 15.1. The van der Waals surface area contributed by atoms with E-state index in [9.17, 15) is 30.7 Å². The molecule has 0 amide bonds. The molecule has 0 heterocycles. The van der Waals surface area contributed by atoms with Gasteiger partial charge in [-0.3, -0.25) is 0 Å². The molecule has 1 atom stereocenters. The van der Waals surface area contributed by atoms with Crippen LogP contribution in [0.15, 0.2) is 10.3 Å². The van der Waals surface area contributed by atoms with Gasteiger partial charge in [0.25, 0.3) is 5.13 Å². The second kappa shape index (κ2) is 4.63. The van der Waals surface area contributed by atoms with E-state index in [1.54, 1.807) is 0 Å². The Morgan fingerprint density at radius 1 is 0.800 bits per heavy atom. The fourth-order valence-electron chi connectivity index (χ4n) is 1.69.